The summed E-state index contributed by atoms with van der Waals surface area (Å²) >= 11 is 1.68. The first-order chi connectivity index (χ1) is 16.3. The molecule has 2 aromatic heterocycles. The zero-order valence-corrected chi connectivity index (χ0v) is 20.5. The van der Waals surface area contributed by atoms with Crippen molar-refractivity contribution in [2.45, 2.75) is 57.8 Å². The van der Waals surface area contributed by atoms with E-state index in [4.69, 9.17) is 9.47 Å². The second-order valence-corrected chi connectivity index (χ2v) is 10.7. The highest BCUT2D eigenvalue weighted by molar-refractivity contribution is 7.22. The van der Waals surface area contributed by atoms with Crippen LogP contribution in [0, 0.1) is 0 Å². The summed E-state index contributed by atoms with van der Waals surface area (Å²) in [5, 5.41) is 4.47. The average Bonchev–Trinajstić information content (AvgIpc) is 3.19. The standard InChI is InChI=1S/C25H29N5O3S/c1-25(2,3)33-24(31)30-12-8-16(9-13-30)21-22(27-11-10-26-21)32-18-14-17(15-18)28-23-29-19-6-4-5-7-20(19)34-23/h4-8,10-11,17-18H,9,12-15H2,1-3H3,(H,28,29). The summed E-state index contributed by atoms with van der Waals surface area (Å²) in [5.74, 6) is 0.558. The number of benzene rings is 1. The number of hydrogen-bond acceptors (Lipinski definition) is 8. The molecule has 0 atom stereocenters. The van der Waals surface area contributed by atoms with Crippen molar-refractivity contribution in [3.8, 4) is 5.88 Å². The lowest BCUT2D eigenvalue weighted by atomic mass is 9.89. The van der Waals surface area contributed by atoms with Crippen LogP contribution in [0.5, 0.6) is 5.88 Å². The van der Waals surface area contributed by atoms with Gasteiger partial charge in [0, 0.05) is 44.4 Å². The summed E-state index contributed by atoms with van der Waals surface area (Å²) in [7, 11) is 0. The van der Waals surface area contributed by atoms with Gasteiger partial charge in [-0.15, -0.1) is 0 Å². The number of nitrogens with one attached hydrogen (secondary N) is 1. The van der Waals surface area contributed by atoms with Crippen LogP contribution in [0.1, 0.15) is 45.7 Å². The van der Waals surface area contributed by atoms with Gasteiger partial charge in [-0.25, -0.2) is 19.7 Å². The Hall–Kier alpha value is -3.20. The van der Waals surface area contributed by atoms with Crippen molar-refractivity contribution in [1.82, 2.24) is 19.9 Å². The molecule has 0 bridgehead atoms. The van der Waals surface area contributed by atoms with Gasteiger partial charge in [-0.3, -0.25) is 0 Å². The maximum absolute atomic E-state index is 12.3. The molecule has 0 saturated heterocycles. The van der Waals surface area contributed by atoms with Crippen molar-refractivity contribution in [2.75, 3.05) is 18.4 Å². The molecule has 178 valence electrons. The van der Waals surface area contributed by atoms with Crippen LogP contribution in [-0.4, -0.2) is 56.8 Å². The summed E-state index contributed by atoms with van der Waals surface area (Å²) in [6.45, 7) is 6.68. The summed E-state index contributed by atoms with van der Waals surface area (Å²) in [5.41, 5.74) is 2.33. The number of thiazole rings is 1. The third kappa shape index (κ3) is 5.14. The van der Waals surface area contributed by atoms with Crippen LogP contribution in [0.3, 0.4) is 0 Å². The molecule has 1 N–H and O–H groups in total. The number of aromatic nitrogens is 3. The minimum atomic E-state index is -0.504. The highest BCUT2D eigenvalue weighted by Gasteiger charge is 2.33. The number of amides is 1. The second kappa shape index (κ2) is 9.21. The van der Waals surface area contributed by atoms with E-state index < -0.39 is 5.60 Å². The molecule has 0 spiro atoms. The number of anilines is 1. The van der Waals surface area contributed by atoms with Crippen LogP contribution < -0.4 is 10.1 Å². The number of ether oxygens (including phenoxy) is 2. The highest BCUT2D eigenvalue weighted by atomic mass is 32.1. The molecular formula is C25H29N5O3S. The Morgan fingerprint density at radius 3 is 2.71 bits per heavy atom. The molecule has 1 aliphatic carbocycles. The molecule has 1 fully saturated rings. The molecule has 8 nitrogen and oxygen atoms in total. The van der Waals surface area contributed by atoms with E-state index in [-0.39, 0.29) is 12.2 Å². The van der Waals surface area contributed by atoms with Gasteiger partial charge in [-0.05, 0) is 44.9 Å². The highest BCUT2D eigenvalue weighted by Crippen LogP contribution is 2.34. The molecule has 3 heterocycles. The van der Waals surface area contributed by atoms with Crippen LogP contribution in [0.25, 0.3) is 15.8 Å². The van der Waals surface area contributed by atoms with Gasteiger partial charge in [0.05, 0.1) is 10.2 Å². The van der Waals surface area contributed by atoms with E-state index in [9.17, 15) is 4.79 Å². The van der Waals surface area contributed by atoms with Crippen LogP contribution in [0.2, 0.25) is 0 Å². The fraction of sp³-hybridized carbons (Fsp3) is 0.440. The van der Waals surface area contributed by atoms with E-state index in [1.807, 2.05) is 45.0 Å². The number of hydrogen-bond donors (Lipinski definition) is 1. The van der Waals surface area contributed by atoms with E-state index in [2.05, 4.69) is 26.3 Å². The molecule has 1 amide bonds. The molecule has 5 rings (SSSR count). The van der Waals surface area contributed by atoms with Crippen molar-refractivity contribution in [3.05, 3.63) is 48.4 Å². The lowest BCUT2D eigenvalue weighted by Gasteiger charge is -2.35. The predicted octanol–water partition coefficient (Wildman–Crippen LogP) is 5.13. The Bertz CT molecular complexity index is 1180. The van der Waals surface area contributed by atoms with Crippen LogP contribution >= 0.6 is 11.3 Å². The number of carbonyl (C=O) groups excluding carboxylic acids is 1. The Morgan fingerprint density at radius 2 is 1.97 bits per heavy atom. The Balaban J connectivity index is 1.17. The Morgan fingerprint density at radius 1 is 1.18 bits per heavy atom. The number of rotatable bonds is 5. The van der Waals surface area contributed by atoms with Gasteiger partial charge in [0.25, 0.3) is 0 Å². The van der Waals surface area contributed by atoms with E-state index in [0.717, 1.165) is 34.8 Å². The summed E-state index contributed by atoms with van der Waals surface area (Å²) in [6, 6.07) is 8.50. The van der Waals surface area contributed by atoms with Gasteiger partial charge in [0.2, 0.25) is 5.88 Å². The molecule has 1 aliphatic heterocycles. The maximum Gasteiger partial charge on any atom is 0.410 e. The van der Waals surface area contributed by atoms with Crippen LogP contribution in [0.4, 0.5) is 9.93 Å². The number of nitrogens with zero attached hydrogens (tertiary/aromatic N) is 4. The van der Waals surface area contributed by atoms with Gasteiger partial charge < -0.3 is 19.7 Å². The van der Waals surface area contributed by atoms with Crippen molar-refractivity contribution >= 4 is 38.4 Å². The second-order valence-electron chi connectivity index (χ2n) is 9.66. The normalized spacial score (nSPS) is 20.4. The van der Waals surface area contributed by atoms with Gasteiger partial charge in [-0.1, -0.05) is 29.5 Å². The van der Waals surface area contributed by atoms with Crippen molar-refractivity contribution < 1.29 is 14.3 Å². The molecular weight excluding hydrogens is 450 g/mol. The van der Waals surface area contributed by atoms with Crippen LogP contribution in [-0.2, 0) is 4.74 Å². The van der Waals surface area contributed by atoms with Crippen molar-refractivity contribution in [2.24, 2.45) is 0 Å². The first-order valence-electron chi connectivity index (χ1n) is 11.6. The van der Waals surface area contributed by atoms with E-state index in [0.29, 0.717) is 31.4 Å². The van der Waals surface area contributed by atoms with Crippen molar-refractivity contribution in [1.29, 1.82) is 0 Å². The van der Waals surface area contributed by atoms with Crippen molar-refractivity contribution in [3.63, 3.8) is 0 Å². The minimum Gasteiger partial charge on any atom is -0.473 e. The topological polar surface area (TPSA) is 89.5 Å². The molecule has 1 saturated carbocycles. The van der Waals surface area contributed by atoms with Gasteiger partial charge in [0.1, 0.15) is 17.4 Å². The first-order valence-corrected chi connectivity index (χ1v) is 12.4. The van der Waals surface area contributed by atoms with Gasteiger partial charge in [0.15, 0.2) is 5.13 Å². The minimum absolute atomic E-state index is 0.0878. The summed E-state index contributed by atoms with van der Waals surface area (Å²) in [6.07, 6.45) is 7.61. The average molecular weight is 480 g/mol. The Kier molecular flexibility index (Phi) is 6.12. The zero-order chi connectivity index (χ0) is 23.7. The monoisotopic (exact) mass is 479 g/mol. The van der Waals surface area contributed by atoms with Gasteiger partial charge >= 0.3 is 6.09 Å². The smallest absolute Gasteiger partial charge is 0.410 e. The largest absolute Gasteiger partial charge is 0.473 e. The molecule has 1 aromatic carbocycles. The number of carbonyl (C=O) groups is 1. The predicted molar refractivity (Wildman–Crippen MR) is 133 cm³/mol. The molecule has 0 unspecified atom stereocenters. The third-order valence-corrected chi connectivity index (χ3v) is 6.79. The molecule has 34 heavy (non-hydrogen) atoms. The molecule has 0 radical (unpaired) electrons. The van der Waals surface area contributed by atoms with E-state index in [1.165, 1.54) is 4.70 Å². The SMILES string of the molecule is CC(C)(C)OC(=O)N1CC=C(c2nccnc2OC2CC(Nc3nc4ccccc4s3)C2)CC1. The van der Waals surface area contributed by atoms with E-state index >= 15 is 0 Å². The summed E-state index contributed by atoms with van der Waals surface area (Å²) in [4.78, 5) is 27.7. The maximum atomic E-state index is 12.3. The summed E-state index contributed by atoms with van der Waals surface area (Å²) < 4.78 is 12.9. The first kappa shape index (κ1) is 22.6. The third-order valence-electron chi connectivity index (χ3n) is 5.82. The van der Waals surface area contributed by atoms with E-state index in [1.54, 1.807) is 28.6 Å². The fourth-order valence-corrected chi connectivity index (χ4v) is 5.00. The molecule has 9 heteroatoms. The van der Waals surface area contributed by atoms with Crippen LogP contribution in [0.15, 0.2) is 42.7 Å². The van der Waals surface area contributed by atoms with Gasteiger partial charge in [-0.2, -0.15) is 0 Å². The Labute approximate surface area is 203 Å². The zero-order valence-electron chi connectivity index (χ0n) is 19.7. The number of para-hydroxylation sites is 1. The fourth-order valence-electron chi connectivity index (χ4n) is 4.05. The molecule has 3 aromatic rings. The quantitative estimate of drug-likeness (QED) is 0.542. The lowest BCUT2D eigenvalue weighted by Crippen LogP contribution is -2.42. The lowest BCUT2D eigenvalue weighted by molar-refractivity contribution is 0.0270. The molecule has 2 aliphatic rings. The number of fused-ring (bicyclic) bond motifs is 1.